The van der Waals surface area contributed by atoms with Crippen molar-refractivity contribution in [3.8, 4) is 0 Å². The van der Waals surface area contributed by atoms with E-state index in [-0.39, 0.29) is 5.95 Å². The molecule has 0 aliphatic carbocycles. The van der Waals surface area contributed by atoms with E-state index >= 15 is 0 Å². The topological polar surface area (TPSA) is 51.8 Å². The van der Waals surface area contributed by atoms with Crippen molar-refractivity contribution in [1.29, 1.82) is 0 Å². The smallest absolute Gasteiger partial charge is 0.221 e. The van der Waals surface area contributed by atoms with Gasteiger partial charge >= 0.3 is 0 Å². The molecule has 0 radical (unpaired) electrons. The Morgan fingerprint density at radius 1 is 1.38 bits per heavy atom. The van der Waals surface area contributed by atoms with E-state index in [2.05, 4.69) is 25.9 Å². The molecule has 0 fully saturated rings. The van der Waals surface area contributed by atoms with Crippen molar-refractivity contribution >= 4 is 45.2 Å². The lowest BCUT2D eigenvalue weighted by Gasteiger charge is -2.03. The lowest BCUT2D eigenvalue weighted by Crippen LogP contribution is -1.95. The summed E-state index contributed by atoms with van der Waals surface area (Å²) in [5, 5.41) is 1.47. The molecule has 0 spiro atoms. The number of rotatable bonds is 2. The van der Waals surface area contributed by atoms with E-state index in [1.165, 1.54) is 11.8 Å². The monoisotopic (exact) mass is 315 g/mol. The van der Waals surface area contributed by atoms with Crippen LogP contribution in [0.25, 0.3) is 0 Å². The first kappa shape index (κ1) is 11.7. The zero-order valence-electron chi connectivity index (χ0n) is 8.02. The highest BCUT2D eigenvalue weighted by molar-refractivity contribution is 9.10. The van der Waals surface area contributed by atoms with Gasteiger partial charge in [-0.1, -0.05) is 29.4 Å². The van der Waals surface area contributed by atoms with E-state index in [1.807, 2.05) is 24.3 Å². The Hall–Kier alpha value is -0.780. The van der Waals surface area contributed by atoms with Crippen LogP contribution in [0.4, 0.5) is 5.95 Å². The van der Waals surface area contributed by atoms with Crippen LogP contribution in [-0.4, -0.2) is 9.97 Å². The van der Waals surface area contributed by atoms with Crippen LogP contribution in [0.3, 0.4) is 0 Å². The molecule has 0 amide bonds. The Labute approximate surface area is 111 Å². The molecule has 3 nitrogen and oxygen atoms in total. The van der Waals surface area contributed by atoms with Gasteiger partial charge in [0.05, 0.1) is 4.47 Å². The summed E-state index contributed by atoms with van der Waals surface area (Å²) in [6.45, 7) is 0. The van der Waals surface area contributed by atoms with E-state index in [4.69, 9.17) is 17.3 Å². The third-order valence-corrected chi connectivity index (χ3v) is 3.81. The molecule has 1 heterocycles. The maximum atomic E-state index is 5.90. The van der Waals surface area contributed by atoms with Crippen molar-refractivity contribution in [2.75, 3.05) is 5.73 Å². The van der Waals surface area contributed by atoms with Gasteiger partial charge in [0.2, 0.25) is 5.95 Å². The minimum absolute atomic E-state index is 0.257. The van der Waals surface area contributed by atoms with Crippen molar-refractivity contribution in [2.45, 2.75) is 9.92 Å². The molecule has 6 heteroatoms. The van der Waals surface area contributed by atoms with Crippen molar-refractivity contribution in [1.82, 2.24) is 9.97 Å². The lowest BCUT2D eigenvalue weighted by molar-refractivity contribution is 1.04. The fraction of sp³-hybridized carbons (Fsp3) is 0. The van der Waals surface area contributed by atoms with Crippen molar-refractivity contribution in [3.05, 3.63) is 40.0 Å². The molecular formula is C10H7BrClN3S. The van der Waals surface area contributed by atoms with Gasteiger partial charge in [0.15, 0.2) is 0 Å². The number of aromatic nitrogens is 2. The summed E-state index contributed by atoms with van der Waals surface area (Å²) in [6.07, 6.45) is 1.63. The fourth-order valence-corrected chi connectivity index (χ4v) is 2.61. The van der Waals surface area contributed by atoms with Crippen LogP contribution in [0, 0.1) is 0 Å². The highest BCUT2D eigenvalue weighted by Crippen LogP contribution is 2.32. The van der Waals surface area contributed by atoms with Crippen molar-refractivity contribution < 1.29 is 0 Å². The Balaban J connectivity index is 2.30. The summed E-state index contributed by atoms with van der Waals surface area (Å²) in [5.74, 6) is 0.257. The Morgan fingerprint density at radius 2 is 2.19 bits per heavy atom. The zero-order chi connectivity index (χ0) is 11.5. The standard InChI is InChI=1S/C10H7BrClN3S/c11-8-5-14-10(13)15-9(8)16-7-3-1-2-6(12)4-7/h1-5H,(H2,13,14,15). The number of nitrogen functional groups attached to an aromatic ring is 1. The maximum absolute atomic E-state index is 5.90. The first-order valence-corrected chi connectivity index (χ1v) is 6.35. The summed E-state index contributed by atoms with van der Waals surface area (Å²) < 4.78 is 0.812. The van der Waals surface area contributed by atoms with Crippen LogP contribution in [-0.2, 0) is 0 Å². The lowest BCUT2D eigenvalue weighted by atomic mass is 10.4. The molecular weight excluding hydrogens is 310 g/mol. The first-order valence-electron chi connectivity index (χ1n) is 4.36. The zero-order valence-corrected chi connectivity index (χ0v) is 11.2. The number of nitrogens with two attached hydrogens (primary N) is 1. The Morgan fingerprint density at radius 3 is 2.94 bits per heavy atom. The summed E-state index contributed by atoms with van der Waals surface area (Å²) in [7, 11) is 0. The van der Waals surface area contributed by atoms with Crippen LogP contribution in [0.5, 0.6) is 0 Å². The second-order valence-electron chi connectivity index (χ2n) is 2.94. The quantitative estimate of drug-likeness (QED) is 0.860. The summed E-state index contributed by atoms with van der Waals surface area (Å²) in [4.78, 5) is 9.02. The van der Waals surface area contributed by atoms with Crippen LogP contribution in [0.2, 0.25) is 5.02 Å². The number of hydrogen-bond acceptors (Lipinski definition) is 4. The SMILES string of the molecule is Nc1ncc(Br)c(Sc2cccc(Cl)c2)n1. The third-order valence-electron chi connectivity index (χ3n) is 1.74. The Kier molecular flexibility index (Phi) is 3.68. The average molecular weight is 317 g/mol. The number of hydrogen-bond donors (Lipinski definition) is 1. The second-order valence-corrected chi connectivity index (χ2v) is 5.29. The molecule has 2 N–H and O–H groups in total. The molecule has 0 aliphatic heterocycles. The molecule has 1 aromatic carbocycles. The predicted octanol–water partition coefficient (Wildman–Crippen LogP) is 3.63. The van der Waals surface area contributed by atoms with Crippen LogP contribution >= 0.6 is 39.3 Å². The largest absolute Gasteiger partial charge is 0.368 e. The predicted molar refractivity (Wildman–Crippen MR) is 69.7 cm³/mol. The first-order chi connectivity index (χ1) is 7.65. The van der Waals surface area contributed by atoms with Crippen molar-refractivity contribution in [2.24, 2.45) is 0 Å². The molecule has 0 atom stereocenters. The summed E-state index contributed by atoms with van der Waals surface area (Å²) >= 11 is 10.8. The highest BCUT2D eigenvalue weighted by Gasteiger charge is 2.05. The van der Waals surface area contributed by atoms with Crippen LogP contribution < -0.4 is 5.73 Å². The van der Waals surface area contributed by atoms with Gasteiger partial charge in [-0.15, -0.1) is 0 Å². The Bertz CT molecular complexity index is 521. The molecule has 82 valence electrons. The van der Waals surface area contributed by atoms with E-state index in [0.29, 0.717) is 5.02 Å². The third kappa shape index (κ3) is 2.87. The number of halogens is 2. The second kappa shape index (κ2) is 5.03. The van der Waals surface area contributed by atoms with Gasteiger partial charge < -0.3 is 5.73 Å². The summed E-state index contributed by atoms with van der Waals surface area (Å²) in [6, 6.07) is 7.55. The van der Waals surface area contributed by atoms with Gasteiger partial charge in [0.1, 0.15) is 5.03 Å². The average Bonchev–Trinajstić information content (AvgIpc) is 2.24. The van der Waals surface area contributed by atoms with Crippen molar-refractivity contribution in [3.63, 3.8) is 0 Å². The van der Waals surface area contributed by atoms with Gasteiger partial charge in [-0.05, 0) is 34.1 Å². The van der Waals surface area contributed by atoms with Gasteiger partial charge in [-0.3, -0.25) is 0 Å². The maximum Gasteiger partial charge on any atom is 0.221 e. The van der Waals surface area contributed by atoms with E-state index in [0.717, 1.165) is 14.4 Å². The summed E-state index contributed by atoms with van der Waals surface area (Å²) in [5.41, 5.74) is 5.53. The van der Waals surface area contributed by atoms with Gasteiger partial charge in [-0.25, -0.2) is 9.97 Å². The molecule has 16 heavy (non-hydrogen) atoms. The van der Waals surface area contributed by atoms with Gasteiger partial charge in [-0.2, -0.15) is 0 Å². The molecule has 1 aromatic heterocycles. The highest BCUT2D eigenvalue weighted by atomic mass is 79.9. The molecule has 0 saturated heterocycles. The minimum Gasteiger partial charge on any atom is -0.368 e. The molecule has 2 aromatic rings. The number of anilines is 1. The minimum atomic E-state index is 0.257. The molecule has 0 saturated carbocycles. The molecule has 2 rings (SSSR count). The molecule has 0 unspecified atom stereocenters. The van der Waals surface area contributed by atoms with Crippen LogP contribution in [0.15, 0.2) is 44.9 Å². The number of benzene rings is 1. The number of nitrogens with zero attached hydrogens (tertiary/aromatic N) is 2. The van der Waals surface area contributed by atoms with Gasteiger partial charge in [0, 0.05) is 16.1 Å². The van der Waals surface area contributed by atoms with Crippen LogP contribution in [0.1, 0.15) is 0 Å². The molecule has 0 aliphatic rings. The molecule has 0 bridgehead atoms. The van der Waals surface area contributed by atoms with E-state index < -0.39 is 0 Å². The van der Waals surface area contributed by atoms with Gasteiger partial charge in [0.25, 0.3) is 0 Å². The fourth-order valence-electron chi connectivity index (χ4n) is 1.08. The van der Waals surface area contributed by atoms with E-state index in [1.54, 1.807) is 6.20 Å². The normalized spacial score (nSPS) is 10.4. The van der Waals surface area contributed by atoms with E-state index in [9.17, 15) is 0 Å².